The summed E-state index contributed by atoms with van der Waals surface area (Å²) in [4.78, 5) is 25.7. The van der Waals surface area contributed by atoms with Crippen molar-refractivity contribution in [3.63, 3.8) is 0 Å². The van der Waals surface area contributed by atoms with Crippen LogP contribution in [0.1, 0.15) is 15.4 Å². The van der Waals surface area contributed by atoms with Crippen molar-refractivity contribution in [2.24, 2.45) is 0 Å². The van der Waals surface area contributed by atoms with Crippen molar-refractivity contribution in [1.29, 1.82) is 0 Å². The van der Waals surface area contributed by atoms with Crippen LogP contribution in [-0.4, -0.2) is 15.8 Å². The molecule has 7 heteroatoms. The molecule has 1 amide bonds. The molecule has 6 nitrogen and oxygen atoms in total. The van der Waals surface area contributed by atoms with Crippen molar-refractivity contribution in [3.8, 4) is 0 Å². The quantitative estimate of drug-likeness (QED) is 0.571. The fraction of sp³-hybridized carbons (Fsp3) is 0.0714. The van der Waals surface area contributed by atoms with Gasteiger partial charge < -0.3 is 10.3 Å². The number of amides is 1. The van der Waals surface area contributed by atoms with Crippen LogP contribution in [0.5, 0.6) is 0 Å². The maximum atomic E-state index is 12.1. The van der Waals surface area contributed by atoms with E-state index in [-0.39, 0.29) is 10.9 Å². The highest BCUT2D eigenvalue weighted by Gasteiger charge is 2.15. The fourth-order valence-corrected chi connectivity index (χ4v) is 2.81. The van der Waals surface area contributed by atoms with E-state index in [0.717, 1.165) is 27.9 Å². The van der Waals surface area contributed by atoms with Crippen LogP contribution in [0, 0.1) is 17.0 Å². The molecule has 0 aliphatic carbocycles. The highest BCUT2D eigenvalue weighted by molar-refractivity contribution is 7.17. The second kappa shape index (κ2) is 5.02. The number of hydrogen-bond acceptors (Lipinski definition) is 4. The second-order valence-corrected chi connectivity index (χ2v) is 5.67. The van der Waals surface area contributed by atoms with Crippen molar-refractivity contribution in [2.45, 2.75) is 6.92 Å². The Morgan fingerprint density at radius 1 is 1.29 bits per heavy atom. The van der Waals surface area contributed by atoms with E-state index < -0.39 is 4.92 Å². The van der Waals surface area contributed by atoms with Gasteiger partial charge in [0.15, 0.2) is 0 Å². The number of rotatable bonds is 3. The first kappa shape index (κ1) is 13.3. The number of nitrogens with one attached hydrogen (secondary N) is 2. The van der Waals surface area contributed by atoms with Crippen LogP contribution in [0.15, 0.2) is 36.4 Å². The van der Waals surface area contributed by atoms with E-state index in [9.17, 15) is 14.9 Å². The zero-order chi connectivity index (χ0) is 15.0. The number of aromatic amines is 1. The van der Waals surface area contributed by atoms with E-state index in [1.54, 1.807) is 6.07 Å². The van der Waals surface area contributed by atoms with Gasteiger partial charge in [-0.1, -0.05) is 11.3 Å². The molecule has 0 bridgehead atoms. The molecule has 0 saturated heterocycles. The summed E-state index contributed by atoms with van der Waals surface area (Å²) >= 11 is 0.859. The van der Waals surface area contributed by atoms with Crippen molar-refractivity contribution in [2.75, 3.05) is 5.32 Å². The zero-order valence-electron chi connectivity index (χ0n) is 11.0. The molecule has 0 aliphatic rings. The molecule has 0 unspecified atom stereocenters. The van der Waals surface area contributed by atoms with Gasteiger partial charge in [-0.3, -0.25) is 14.9 Å². The molecule has 0 aliphatic heterocycles. The number of carbonyl (C=O) groups is 1. The van der Waals surface area contributed by atoms with Crippen molar-refractivity contribution in [3.05, 3.63) is 57.1 Å². The predicted octanol–water partition coefficient (Wildman–Crippen LogP) is 3.70. The summed E-state index contributed by atoms with van der Waals surface area (Å²) < 4.78 is 0. The van der Waals surface area contributed by atoms with Crippen molar-refractivity contribution in [1.82, 2.24) is 4.98 Å². The highest BCUT2D eigenvalue weighted by Crippen LogP contribution is 2.25. The van der Waals surface area contributed by atoms with Crippen LogP contribution < -0.4 is 5.32 Å². The molecule has 1 aromatic carbocycles. The molecule has 3 aromatic rings. The van der Waals surface area contributed by atoms with Gasteiger partial charge in [-0.05, 0) is 37.3 Å². The lowest BCUT2D eigenvalue weighted by Gasteiger charge is -2.03. The predicted molar refractivity (Wildman–Crippen MR) is 82.0 cm³/mol. The Balaban J connectivity index is 1.83. The first-order valence-corrected chi connectivity index (χ1v) is 6.99. The Morgan fingerprint density at radius 2 is 2.10 bits per heavy atom. The topological polar surface area (TPSA) is 88.0 Å². The number of nitro groups is 1. The first-order chi connectivity index (χ1) is 10.0. The summed E-state index contributed by atoms with van der Waals surface area (Å²) in [5.74, 6) is -0.347. The molecule has 106 valence electrons. The average Bonchev–Trinajstić information content (AvgIpc) is 3.03. The van der Waals surface area contributed by atoms with Crippen LogP contribution in [0.25, 0.3) is 10.9 Å². The summed E-state index contributed by atoms with van der Waals surface area (Å²) in [5.41, 5.74) is 2.70. The molecular formula is C14H11N3O3S. The van der Waals surface area contributed by atoms with Crippen molar-refractivity contribution >= 4 is 38.8 Å². The third-order valence-corrected chi connectivity index (χ3v) is 4.04. The number of anilines is 1. The van der Waals surface area contributed by atoms with E-state index >= 15 is 0 Å². The first-order valence-electron chi connectivity index (χ1n) is 6.18. The van der Waals surface area contributed by atoms with E-state index in [1.807, 2.05) is 25.1 Å². The van der Waals surface area contributed by atoms with Gasteiger partial charge in [-0.15, -0.1) is 0 Å². The minimum atomic E-state index is -0.504. The minimum absolute atomic E-state index is 0.0446. The van der Waals surface area contributed by atoms with E-state index in [0.29, 0.717) is 10.6 Å². The summed E-state index contributed by atoms with van der Waals surface area (Å²) in [7, 11) is 0. The normalized spacial score (nSPS) is 10.7. The Kier molecular flexibility index (Phi) is 3.19. The molecule has 0 fully saturated rings. The summed E-state index contributed by atoms with van der Waals surface area (Å²) in [5, 5.41) is 14.3. The highest BCUT2D eigenvalue weighted by atomic mass is 32.1. The Morgan fingerprint density at radius 3 is 2.81 bits per heavy atom. The third kappa shape index (κ3) is 2.63. The number of benzene rings is 1. The van der Waals surface area contributed by atoms with Gasteiger partial charge in [0.1, 0.15) is 0 Å². The van der Waals surface area contributed by atoms with Crippen LogP contribution in [0.3, 0.4) is 0 Å². The lowest BCUT2D eigenvalue weighted by Crippen LogP contribution is -2.09. The zero-order valence-corrected chi connectivity index (χ0v) is 11.9. The van der Waals surface area contributed by atoms with Crippen LogP contribution in [0.2, 0.25) is 0 Å². The van der Waals surface area contributed by atoms with Gasteiger partial charge in [0.05, 0.1) is 9.80 Å². The molecule has 2 aromatic heterocycles. The van der Waals surface area contributed by atoms with Gasteiger partial charge in [0, 0.05) is 28.4 Å². The summed E-state index contributed by atoms with van der Waals surface area (Å²) in [6, 6.07) is 10.3. The fourth-order valence-electron chi connectivity index (χ4n) is 2.10. The molecular weight excluding hydrogens is 290 g/mol. The van der Waals surface area contributed by atoms with Crippen LogP contribution in [0.4, 0.5) is 10.7 Å². The lowest BCUT2D eigenvalue weighted by molar-refractivity contribution is -0.380. The molecule has 3 rings (SSSR count). The molecule has 2 N–H and O–H groups in total. The van der Waals surface area contributed by atoms with Gasteiger partial charge in [0.25, 0.3) is 5.91 Å². The molecule has 0 saturated carbocycles. The average molecular weight is 301 g/mol. The SMILES string of the molecule is Cc1cc2cc(NC(=O)c3ccc([N+](=O)[O-])s3)ccc2[nH]1. The van der Waals surface area contributed by atoms with E-state index in [1.165, 1.54) is 12.1 Å². The van der Waals surface area contributed by atoms with Gasteiger partial charge in [0.2, 0.25) is 0 Å². The Labute approximate surface area is 123 Å². The third-order valence-electron chi connectivity index (χ3n) is 3.01. The van der Waals surface area contributed by atoms with Gasteiger partial charge in [-0.2, -0.15) is 0 Å². The van der Waals surface area contributed by atoms with E-state index in [4.69, 9.17) is 0 Å². The summed E-state index contributed by atoms with van der Waals surface area (Å²) in [6.45, 7) is 1.96. The largest absolute Gasteiger partial charge is 0.359 e. The number of hydrogen-bond donors (Lipinski definition) is 2. The van der Waals surface area contributed by atoms with E-state index in [2.05, 4.69) is 10.3 Å². The number of H-pyrrole nitrogens is 1. The number of aromatic nitrogens is 1. The molecule has 21 heavy (non-hydrogen) atoms. The molecule has 0 radical (unpaired) electrons. The summed E-state index contributed by atoms with van der Waals surface area (Å²) in [6.07, 6.45) is 0. The van der Waals surface area contributed by atoms with Gasteiger partial charge >= 0.3 is 5.00 Å². The smallest absolute Gasteiger partial charge is 0.324 e. The monoisotopic (exact) mass is 301 g/mol. The molecule has 2 heterocycles. The molecule has 0 spiro atoms. The number of fused-ring (bicyclic) bond motifs is 1. The second-order valence-electron chi connectivity index (χ2n) is 4.60. The number of thiophene rings is 1. The number of nitrogens with zero attached hydrogens (tertiary/aromatic N) is 1. The Bertz CT molecular complexity index is 850. The number of aryl methyl sites for hydroxylation is 1. The maximum Gasteiger partial charge on any atom is 0.324 e. The molecule has 0 atom stereocenters. The lowest BCUT2D eigenvalue weighted by atomic mass is 10.2. The Hall–Kier alpha value is -2.67. The van der Waals surface area contributed by atoms with Gasteiger partial charge in [-0.25, -0.2) is 0 Å². The van der Waals surface area contributed by atoms with Crippen molar-refractivity contribution < 1.29 is 9.72 Å². The maximum absolute atomic E-state index is 12.1. The minimum Gasteiger partial charge on any atom is -0.359 e. The van der Waals surface area contributed by atoms with Crippen LogP contribution in [-0.2, 0) is 0 Å². The van der Waals surface area contributed by atoms with Crippen LogP contribution >= 0.6 is 11.3 Å². The number of carbonyl (C=O) groups excluding carboxylic acids is 1. The standard InChI is InChI=1S/C14H11N3O3S/c1-8-6-9-7-10(2-3-11(9)15-8)16-14(18)12-4-5-13(21-12)17(19)20/h2-7,15H,1H3,(H,16,18).